The third-order valence-corrected chi connectivity index (χ3v) is 5.07. The fraction of sp³-hybridized carbons (Fsp3) is 0.375. The molecule has 1 fully saturated rings. The van der Waals surface area contributed by atoms with Crippen molar-refractivity contribution in [2.75, 3.05) is 16.8 Å². The number of nitrogens with zero attached hydrogens (tertiary/aromatic N) is 1. The predicted molar refractivity (Wildman–Crippen MR) is 119 cm³/mol. The summed E-state index contributed by atoms with van der Waals surface area (Å²) in [7, 11) is 0. The molecule has 0 aliphatic carbocycles. The van der Waals surface area contributed by atoms with E-state index in [4.69, 9.17) is 0 Å². The minimum atomic E-state index is -0.470. The molecule has 2 aromatic carbocycles. The van der Waals surface area contributed by atoms with Gasteiger partial charge in [-0.25, -0.2) is 0 Å². The molecule has 2 aromatic rings. The van der Waals surface area contributed by atoms with Crippen molar-refractivity contribution in [1.29, 1.82) is 0 Å². The molecule has 6 nitrogen and oxygen atoms in total. The number of amides is 3. The lowest BCUT2D eigenvalue weighted by molar-refractivity contribution is -0.122. The molecule has 1 atom stereocenters. The Balaban J connectivity index is 1.71. The fourth-order valence-corrected chi connectivity index (χ4v) is 3.48. The maximum absolute atomic E-state index is 12.9. The molecule has 158 valence electrons. The Morgan fingerprint density at radius 3 is 2.37 bits per heavy atom. The van der Waals surface area contributed by atoms with Crippen LogP contribution in [0.2, 0.25) is 0 Å². The van der Waals surface area contributed by atoms with Gasteiger partial charge < -0.3 is 15.5 Å². The number of carbonyl (C=O) groups excluding carboxylic acids is 3. The lowest BCUT2D eigenvalue weighted by Crippen LogP contribution is -2.41. The van der Waals surface area contributed by atoms with Crippen molar-refractivity contribution < 1.29 is 14.4 Å². The first kappa shape index (κ1) is 21.6. The molecule has 0 bridgehead atoms. The minimum Gasteiger partial charge on any atom is -0.347 e. The zero-order valence-corrected chi connectivity index (χ0v) is 18.0. The van der Waals surface area contributed by atoms with Gasteiger partial charge in [-0.3, -0.25) is 14.4 Å². The Bertz CT molecular complexity index is 945. The summed E-state index contributed by atoms with van der Waals surface area (Å²) < 4.78 is 0. The summed E-state index contributed by atoms with van der Waals surface area (Å²) in [4.78, 5) is 39.6. The van der Waals surface area contributed by atoms with Gasteiger partial charge in [0.15, 0.2) is 0 Å². The molecule has 0 saturated carbocycles. The van der Waals surface area contributed by atoms with Crippen molar-refractivity contribution in [2.45, 2.75) is 46.1 Å². The molecular weight excluding hydrogens is 378 g/mol. The molecule has 3 amide bonds. The summed E-state index contributed by atoms with van der Waals surface area (Å²) in [6, 6.07) is 14.7. The average molecular weight is 408 g/mol. The number of carbonyl (C=O) groups is 3. The highest BCUT2D eigenvalue weighted by atomic mass is 16.2. The minimum absolute atomic E-state index is 0.0711. The van der Waals surface area contributed by atoms with E-state index in [0.717, 1.165) is 12.1 Å². The van der Waals surface area contributed by atoms with Gasteiger partial charge in [-0.2, -0.15) is 0 Å². The first-order valence-electron chi connectivity index (χ1n) is 10.3. The van der Waals surface area contributed by atoms with E-state index >= 15 is 0 Å². The van der Waals surface area contributed by atoms with Crippen molar-refractivity contribution >= 4 is 29.1 Å². The first-order chi connectivity index (χ1) is 14.2. The lowest BCUT2D eigenvalue weighted by Gasteiger charge is -2.22. The predicted octanol–water partition coefficient (Wildman–Crippen LogP) is 3.77. The molecule has 3 rings (SSSR count). The summed E-state index contributed by atoms with van der Waals surface area (Å²) in [5.74, 6) is -1.05. The van der Waals surface area contributed by atoms with E-state index in [2.05, 4.69) is 17.6 Å². The van der Waals surface area contributed by atoms with Crippen LogP contribution in [0.5, 0.6) is 0 Å². The third kappa shape index (κ3) is 5.06. The molecule has 0 aromatic heterocycles. The van der Waals surface area contributed by atoms with E-state index in [-0.39, 0.29) is 29.7 Å². The van der Waals surface area contributed by atoms with E-state index in [0.29, 0.717) is 17.8 Å². The number of nitrogens with one attached hydrogen (secondary N) is 2. The van der Waals surface area contributed by atoms with E-state index in [1.165, 1.54) is 5.56 Å². The van der Waals surface area contributed by atoms with E-state index in [1.54, 1.807) is 29.2 Å². The highest BCUT2D eigenvalue weighted by Crippen LogP contribution is 2.27. The van der Waals surface area contributed by atoms with Crippen LogP contribution in [0.3, 0.4) is 0 Å². The molecule has 6 heteroatoms. The van der Waals surface area contributed by atoms with Gasteiger partial charge in [0.1, 0.15) is 0 Å². The lowest BCUT2D eigenvalue weighted by atomic mass is 10.1. The highest BCUT2D eigenvalue weighted by molar-refractivity contribution is 6.07. The van der Waals surface area contributed by atoms with Gasteiger partial charge in [0.2, 0.25) is 11.8 Å². The summed E-state index contributed by atoms with van der Waals surface area (Å²) in [6.07, 6.45) is 1.08. The van der Waals surface area contributed by atoms with Crippen LogP contribution in [0.1, 0.15) is 50.0 Å². The van der Waals surface area contributed by atoms with Crippen LogP contribution in [0, 0.1) is 5.92 Å². The Morgan fingerprint density at radius 1 is 1.07 bits per heavy atom. The van der Waals surface area contributed by atoms with Gasteiger partial charge in [0.25, 0.3) is 5.91 Å². The van der Waals surface area contributed by atoms with Gasteiger partial charge >= 0.3 is 0 Å². The summed E-state index contributed by atoms with van der Waals surface area (Å²) in [5.41, 5.74) is 2.46. The van der Waals surface area contributed by atoms with Crippen LogP contribution in [0.25, 0.3) is 0 Å². The SMILES string of the molecule is CCc1ccc(N2C[C@@H](C(=O)Nc3ccccc3C(=O)NC(C)(C)C)CC2=O)cc1. The fourth-order valence-electron chi connectivity index (χ4n) is 3.48. The van der Waals surface area contributed by atoms with Crippen LogP contribution >= 0.6 is 0 Å². The largest absolute Gasteiger partial charge is 0.347 e. The van der Waals surface area contributed by atoms with Crippen molar-refractivity contribution in [3.05, 3.63) is 59.7 Å². The van der Waals surface area contributed by atoms with Gasteiger partial charge in [-0.1, -0.05) is 31.2 Å². The van der Waals surface area contributed by atoms with E-state index < -0.39 is 5.92 Å². The van der Waals surface area contributed by atoms with Crippen LogP contribution in [-0.2, 0) is 16.0 Å². The smallest absolute Gasteiger partial charge is 0.253 e. The monoisotopic (exact) mass is 407 g/mol. The number of benzene rings is 2. The van der Waals surface area contributed by atoms with E-state index in [1.807, 2.05) is 45.0 Å². The molecule has 2 N–H and O–H groups in total. The third-order valence-electron chi connectivity index (χ3n) is 5.07. The molecule has 0 unspecified atom stereocenters. The number of rotatable bonds is 5. The topological polar surface area (TPSA) is 78.5 Å². The van der Waals surface area contributed by atoms with Crippen LogP contribution in [-0.4, -0.2) is 29.8 Å². The van der Waals surface area contributed by atoms with Crippen LogP contribution in [0.4, 0.5) is 11.4 Å². The van der Waals surface area contributed by atoms with E-state index in [9.17, 15) is 14.4 Å². The number of anilines is 2. The average Bonchev–Trinajstić information content (AvgIpc) is 3.09. The number of hydrogen-bond donors (Lipinski definition) is 2. The molecule has 1 saturated heterocycles. The van der Waals surface area contributed by atoms with Gasteiger partial charge in [-0.05, 0) is 57.0 Å². The van der Waals surface area contributed by atoms with Crippen LogP contribution < -0.4 is 15.5 Å². The molecular formula is C24H29N3O3. The normalized spacial score (nSPS) is 16.5. The number of hydrogen-bond acceptors (Lipinski definition) is 3. The molecule has 1 aliphatic rings. The van der Waals surface area contributed by atoms with Crippen molar-refractivity contribution in [1.82, 2.24) is 5.32 Å². The number of aryl methyl sites for hydroxylation is 1. The van der Waals surface area contributed by atoms with Gasteiger partial charge in [0.05, 0.1) is 17.2 Å². The first-order valence-corrected chi connectivity index (χ1v) is 10.3. The van der Waals surface area contributed by atoms with Crippen molar-refractivity contribution in [2.24, 2.45) is 5.92 Å². The zero-order valence-electron chi connectivity index (χ0n) is 18.0. The highest BCUT2D eigenvalue weighted by Gasteiger charge is 2.35. The van der Waals surface area contributed by atoms with Gasteiger partial charge in [0, 0.05) is 24.2 Å². The summed E-state index contributed by atoms with van der Waals surface area (Å²) in [6.45, 7) is 8.11. The second-order valence-corrected chi connectivity index (χ2v) is 8.66. The molecule has 1 aliphatic heterocycles. The van der Waals surface area contributed by atoms with Crippen LogP contribution in [0.15, 0.2) is 48.5 Å². The van der Waals surface area contributed by atoms with Gasteiger partial charge in [-0.15, -0.1) is 0 Å². The zero-order chi connectivity index (χ0) is 21.9. The molecule has 1 heterocycles. The maximum atomic E-state index is 12.9. The number of para-hydroxylation sites is 1. The summed E-state index contributed by atoms with van der Waals surface area (Å²) in [5, 5.41) is 5.76. The molecule has 30 heavy (non-hydrogen) atoms. The second kappa shape index (κ2) is 8.69. The second-order valence-electron chi connectivity index (χ2n) is 8.66. The Labute approximate surface area is 177 Å². The quantitative estimate of drug-likeness (QED) is 0.792. The van der Waals surface area contributed by atoms with Crippen molar-refractivity contribution in [3.63, 3.8) is 0 Å². The Morgan fingerprint density at radius 2 is 1.73 bits per heavy atom. The Kier molecular flexibility index (Phi) is 6.25. The maximum Gasteiger partial charge on any atom is 0.253 e. The van der Waals surface area contributed by atoms with Crippen molar-refractivity contribution in [3.8, 4) is 0 Å². The molecule has 0 spiro atoms. The Hall–Kier alpha value is -3.15. The summed E-state index contributed by atoms with van der Waals surface area (Å²) >= 11 is 0. The molecule has 0 radical (unpaired) electrons. The standard InChI is InChI=1S/C24H29N3O3/c1-5-16-10-12-18(13-11-16)27-15-17(14-21(27)28)22(29)25-20-9-7-6-8-19(20)23(30)26-24(2,3)4/h6-13,17H,5,14-15H2,1-4H3,(H,25,29)(H,26,30)/t17-/m0/s1.